The zero-order valence-corrected chi connectivity index (χ0v) is 11.4. The number of aliphatic hydroxyl groups excluding tert-OH is 1. The largest absolute Gasteiger partial charge is 0.395 e. The van der Waals surface area contributed by atoms with E-state index in [-0.39, 0.29) is 6.61 Å². The second kappa shape index (κ2) is 5.19. The molecule has 1 N–H and O–H groups in total. The Balaban J connectivity index is 2.95. The maximum atomic E-state index is 12.2. The van der Waals surface area contributed by atoms with E-state index in [2.05, 4.69) is 0 Å². The fourth-order valence-electron chi connectivity index (χ4n) is 1.65. The van der Waals surface area contributed by atoms with Crippen LogP contribution in [0.15, 0.2) is 30.3 Å². The molecule has 1 aromatic rings. The fraction of sp³-hybridized carbons (Fsp3) is 0.538. The van der Waals surface area contributed by atoms with Gasteiger partial charge in [0, 0.05) is 0 Å². The first-order valence-electron chi connectivity index (χ1n) is 5.67. The van der Waals surface area contributed by atoms with Gasteiger partial charge in [-0.2, -0.15) is 0 Å². The van der Waals surface area contributed by atoms with Crippen molar-refractivity contribution in [1.29, 1.82) is 0 Å². The molecular formula is C13H20O3S. The summed E-state index contributed by atoms with van der Waals surface area (Å²) in [4.78, 5) is 0. The second-order valence-corrected chi connectivity index (χ2v) is 8.13. The Bertz CT molecular complexity index is 443. The van der Waals surface area contributed by atoms with Gasteiger partial charge in [0.05, 0.1) is 16.6 Å². The van der Waals surface area contributed by atoms with Gasteiger partial charge in [-0.15, -0.1) is 0 Å². The molecule has 0 aromatic heterocycles. The van der Waals surface area contributed by atoms with Gasteiger partial charge in [-0.25, -0.2) is 8.42 Å². The molecule has 1 rings (SSSR count). The van der Waals surface area contributed by atoms with Crippen molar-refractivity contribution in [2.45, 2.75) is 37.2 Å². The maximum Gasteiger partial charge on any atom is 0.160 e. The van der Waals surface area contributed by atoms with E-state index in [1.54, 1.807) is 20.8 Å². The molecule has 0 radical (unpaired) electrons. The minimum absolute atomic E-state index is 0.339. The lowest BCUT2D eigenvalue weighted by molar-refractivity contribution is 0.287. The van der Waals surface area contributed by atoms with E-state index >= 15 is 0 Å². The van der Waals surface area contributed by atoms with E-state index in [9.17, 15) is 13.5 Å². The van der Waals surface area contributed by atoms with Crippen LogP contribution in [0.1, 0.15) is 26.3 Å². The Hall–Kier alpha value is -0.870. The van der Waals surface area contributed by atoms with Crippen molar-refractivity contribution in [3.63, 3.8) is 0 Å². The zero-order valence-electron chi connectivity index (χ0n) is 10.6. The maximum absolute atomic E-state index is 12.2. The van der Waals surface area contributed by atoms with E-state index in [4.69, 9.17) is 0 Å². The quantitative estimate of drug-likeness (QED) is 0.893. The van der Waals surface area contributed by atoms with Crippen molar-refractivity contribution in [1.82, 2.24) is 0 Å². The average molecular weight is 256 g/mol. The standard InChI is InChI=1S/C13H20O3S/c1-13(2,3)17(15,16)12(10-14)9-11-7-5-4-6-8-11/h4-8,12,14H,9-10H2,1-3H3/t12-/m0/s1. The minimum atomic E-state index is -3.34. The van der Waals surface area contributed by atoms with E-state index in [1.165, 1.54) is 0 Å². The third-order valence-electron chi connectivity index (χ3n) is 2.80. The van der Waals surface area contributed by atoms with Crippen LogP contribution in [0.25, 0.3) is 0 Å². The number of rotatable bonds is 4. The van der Waals surface area contributed by atoms with Crippen molar-refractivity contribution in [3.05, 3.63) is 35.9 Å². The van der Waals surface area contributed by atoms with Gasteiger partial charge in [-0.1, -0.05) is 30.3 Å². The third-order valence-corrected chi connectivity index (χ3v) is 5.70. The molecule has 0 aliphatic heterocycles. The number of hydrogen-bond donors (Lipinski definition) is 1. The zero-order chi connectivity index (χ0) is 13.1. The Morgan fingerprint density at radius 1 is 1.18 bits per heavy atom. The highest BCUT2D eigenvalue weighted by Crippen LogP contribution is 2.23. The smallest absolute Gasteiger partial charge is 0.160 e. The van der Waals surface area contributed by atoms with Gasteiger partial charge in [0.2, 0.25) is 0 Å². The summed E-state index contributed by atoms with van der Waals surface area (Å²) < 4.78 is 23.6. The molecule has 96 valence electrons. The molecule has 0 saturated carbocycles. The Labute approximate surface area is 103 Å². The molecule has 0 spiro atoms. The summed E-state index contributed by atoms with van der Waals surface area (Å²) in [7, 11) is -3.34. The van der Waals surface area contributed by atoms with Crippen LogP contribution >= 0.6 is 0 Å². The SMILES string of the molecule is CC(C)(C)S(=O)(=O)[C@H](CO)Cc1ccccc1. The number of aliphatic hydroxyl groups is 1. The van der Waals surface area contributed by atoms with Crippen LogP contribution in [0.3, 0.4) is 0 Å². The van der Waals surface area contributed by atoms with Crippen molar-refractivity contribution in [2.75, 3.05) is 6.61 Å². The number of hydrogen-bond acceptors (Lipinski definition) is 3. The van der Waals surface area contributed by atoms with E-state index in [0.717, 1.165) is 5.56 Å². The van der Waals surface area contributed by atoms with Crippen molar-refractivity contribution < 1.29 is 13.5 Å². The van der Waals surface area contributed by atoms with Crippen LogP contribution < -0.4 is 0 Å². The highest BCUT2D eigenvalue weighted by molar-refractivity contribution is 7.93. The van der Waals surface area contributed by atoms with Gasteiger partial charge in [-0.3, -0.25) is 0 Å². The average Bonchev–Trinajstić information content (AvgIpc) is 2.25. The highest BCUT2D eigenvalue weighted by Gasteiger charge is 2.36. The first kappa shape index (κ1) is 14.2. The number of benzene rings is 1. The van der Waals surface area contributed by atoms with Gasteiger partial charge < -0.3 is 5.11 Å². The van der Waals surface area contributed by atoms with Crippen molar-refractivity contribution in [2.24, 2.45) is 0 Å². The van der Waals surface area contributed by atoms with Gasteiger partial charge in [0.25, 0.3) is 0 Å². The molecule has 0 heterocycles. The second-order valence-electron chi connectivity index (χ2n) is 5.15. The minimum Gasteiger partial charge on any atom is -0.395 e. The molecule has 17 heavy (non-hydrogen) atoms. The molecule has 0 bridgehead atoms. The molecule has 4 heteroatoms. The molecule has 3 nitrogen and oxygen atoms in total. The Morgan fingerprint density at radius 3 is 2.12 bits per heavy atom. The predicted molar refractivity (Wildman–Crippen MR) is 69.7 cm³/mol. The predicted octanol–water partition coefficient (Wildman–Crippen LogP) is 1.80. The van der Waals surface area contributed by atoms with Crippen LogP contribution in [-0.2, 0) is 16.3 Å². The summed E-state index contributed by atoms with van der Waals surface area (Å²) in [6.45, 7) is 4.65. The first-order valence-corrected chi connectivity index (χ1v) is 7.22. The molecule has 0 saturated heterocycles. The van der Waals surface area contributed by atoms with Crippen LogP contribution in [-0.4, -0.2) is 30.1 Å². The summed E-state index contributed by atoms with van der Waals surface area (Å²) in [6.07, 6.45) is 0.358. The lowest BCUT2D eigenvalue weighted by atomic mass is 10.1. The lowest BCUT2D eigenvalue weighted by Gasteiger charge is -2.25. The normalized spacial score (nSPS) is 14.6. The summed E-state index contributed by atoms with van der Waals surface area (Å²) >= 11 is 0. The molecule has 0 aliphatic rings. The summed E-state index contributed by atoms with van der Waals surface area (Å²) in [5.74, 6) is 0. The Kier molecular flexibility index (Phi) is 4.33. The summed E-state index contributed by atoms with van der Waals surface area (Å²) in [5, 5.41) is 8.58. The Morgan fingerprint density at radius 2 is 1.71 bits per heavy atom. The van der Waals surface area contributed by atoms with Crippen LogP contribution in [0.2, 0.25) is 0 Å². The van der Waals surface area contributed by atoms with Crippen LogP contribution in [0.4, 0.5) is 0 Å². The van der Waals surface area contributed by atoms with E-state index in [1.807, 2.05) is 30.3 Å². The van der Waals surface area contributed by atoms with Gasteiger partial charge in [-0.05, 0) is 32.8 Å². The van der Waals surface area contributed by atoms with Crippen LogP contribution in [0, 0.1) is 0 Å². The van der Waals surface area contributed by atoms with Gasteiger partial charge >= 0.3 is 0 Å². The third kappa shape index (κ3) is 3.30. The molecule has 0 fully saturated rings. The molecule has 0 unspecified atom stereocenters. The molecule has 1 atom stereocenters. The van der Waals surface area contributed by atoms with Crippen LogP contribution in [0.5, 0.6) is 0 Å². The topological polar surface area (TPSA) is 54.4 Å². The highest BCUT2D eigenvalue weighted by atomic mass is 32.2. The van der Waals surface area contributed by atoms with Gasteiger partial charge in [0.1, 0.15) is 0 Å². The van der Waals surface area contributed by atoms with Gasteiger partial charge in [0.15, 0.2) is 9.84 Å². The summed E-state index contributed by atoms with van der Waals surface area (Å²) in [6, 6.07) is 9.37. The molecule has 0 amide bonds. The number of sulfone groups is 1. The monoisotopic (exact) mass is 256 g/mol. The van der Waals surface area contributed by atoms with Crippen molar-refractivity contribution in [3.8, 4) is 0 Å². The molecule has 0 aliphatic carbocycles. The first-order chi connectivity index (χ1) is 7.79. The van der Waals surface area contributed by atoms with E-state index < -0.39 is 19.8 Å². The van der Waals surface area contributed by atoms with Crippen molar-refractivity contribution >= 4 is 9.84 Å². The molecular weight excluding hydrogens is 236 g/mol. The lowest BCUT2D eigenvalue weighted by Crippen LogP contribution is -2.40. The fourth-order valence-corrected chi connectivity index (χ4v) is 3.26. The molecule has 1 aromatic carbocycles. The summed E-state index contributed by atoms with van der Waals surface area (Å²) in [5.41, 5.74) is 0.930. The van der Waals surface area contributed by atoms with E-state index in [0.29, 0.717) is 6.42 Å².